The third-order valence-electron chi connectivity index (χ3n) is 4.28. The Morgan fingerprint density at radius 3 is 2.70 bits per heavy atom. The molecule has 0 bridgehead atoms. The molecule has 0 aromatic carbocycles. The van der Waals surface area contributed by atoms with Crippen molar-refractivity contribution in [1.82, 2.24) is 20.9 Å². The van der Waals surface area contributed by atoms with Gasteiger partial charge in [-0.05, 0) is 0 Å². The zero-order chi connectivity index (χ0) is 20.0. The summed E-state index contributed by atoms with van der Waals surface area (Å²) < 4.78 is 35.9. The zero-order valence-electron chi connectivity index (χ0n) is 13.7. The summed E-state index contributed by atoms with van der Waals surface area (Å²) in [5.41, 5.74) is 5.70. The van der Waals surface area contributed by atoms with E-state index < -0.39 is 59.2 Å². The van der Waals surface area contributed by atoms with E-state index in [4.69, 9.17) is 20.3 Å². The van der Waals surface area contributed by atoms with Gasteiger partial charge < -0.3 is 29.8 Å². The number of carbonyl (C=O) groups is 1. The fourth-order valence-corrected chi connectivity index (χ4v) is 4.78. The maximum absolute atomic E-state index is 11.9. The third-order valence-corrected chi connectivity index (χ3v) is 6.43. The molecule has 3 saturated heterocycles. The summed E-state index contributed by atoms with van der Waals surface area (Å²) in [7, 11) is -10.3. The Labute approximate surface area is 153 Å². The SMILES string of the molecule is NC1NC(=O)C2NCN([C@H]3C[C@H](O)[C@@H](COP(=O)(O)OP(=O)(O)O)O3)C2N1. The van der Waals surface area contributed by atoms with E-state index in [1.807, 2.05) is 0 Å². The summed E-state index contributed by atoms with van der Waals surface area (Å²) in [6.07, 6.45) is -3.95. The Balaban J connectivity index is 1.58. The molecule has 17 heteroatoms. The zero-order valence-corrected chi connectivity index (χ0v) is 15.5. The Morgan fingerprint density at radius 1 is 1.33 bits per heavy atom. The van der Waals surface area contributed by atoms with Gasteiger partial charge in [-0.25, -0.2) is 14.0 Å². The number of ether oxygens (including phenoxy) is 1. The highest BCUT2D eigenvalue weighted by molar-refractivity contribution is 7.60. The summed E-state index contributed by atoms with van der Waals surface area (Å²) in [6, 6.07) is -0.574. The van der Waals surface area contributed by atoms with E-state index >= 15 is 0 Å². The number of aliphatic hydroxyl groups is 1. The van der Waals surface area contributed by atoms with Crippen molar-refractivity contribution in [2.45, 2.75) is 43.4 Å². The van der Waals surface area contributed by atoms with Gasteiger partial charge >= 0.3 is 15.6 Å². The second-order valence-electron chi connectivity index (χ2n) is 6.22. The van der Waals surface area contributed by atoms with Gasteiger partial charge in [-0.3, -0.25) is 25.7 Å². The lowest BCUT2D eigenvalue weighted by molar-refractivity contribution is -0.130. The molecule has 3 aliphatic rings. The number of fused-ring (bicyclic) bond motifs is 1. The van der Waals surface area contributed by atoms with E-state index in [1.54, 1.807) is 4.90 Å². The average molecular weight is 433 g/mol. The molecule has 0 aromatic heterocycles. The molecule has 3 fully saturated rings. The van der Waals surface area contributed by atoms with Crippen molar-refractivity contribution in [2.75, 3.05) is 13.3 Å². The van der Waals surface area contributed by atoms with Crippen LogP contribution in [0.5, 0.6) is 0 Å². The highest BCUT2D eigenvalue weighted by Crippen LogP contribution is 2.57. The second-order valence-corrected chi connectivity index (χ2v) is 9.05. The molecule has 3 heterocycles. The topological polar surface area (TPSA) is 225 Å². The van der Waals surface area contributed by atoms with Crippen molar-refractivity contribution in [2.24, 2.45) is 5.73 Å². The molecule has 0 saturated carbocycles. The van der Waals surface area contributed by atoms with Crippen LogP contribution in [0.15, 0.2) is 0 Å². The molecule has 7 atom stereocenters. The van der Waals surface area contributed by atoms with Crippen LogP contribution in [0, 0.1) is 0 Å². The number of carbonyl (C=O) groups excluding carboxylic acids is 1. The van der Waals surface area contributed by atoms with E-state index in [0.29, 0.717) is 0 Å². The van der Waals surface area contributed by atoms with E-state index in [9.17, 15) is 23.9 Å². The van der Waals surface area contributed by atoms with Crippen LogP contribution >= 0.6 is 15.6 Å². The predicted octanol–water partition coefficient (Wildman–Crippen LogP) is -3.79. The summed E-state index contributed by atoms with van der Waals surface area (Å²) >= 11 is 0. The van der Waals surface area contributed by atoms with Gasteiger partial charge in [-0.15, -0.1) is 0 Å². The molecule has 156 valence electrons. The summed E-state index contributed by atoms with van der Waals surface area (Å²) in [5.74, 6) is -0.289. The number of phosphoric acid groups is 2. The molecule has 0 spiro atoms. The van der Waals surface area contributed by atoms with Gasteiger partial charge in [0, 0.05) is 6.42 Å². The number of nitrogens with one attached hydrogen (secondary N) is 3. The molecular weight excluding hydrogens is 412 g/mol. The predicted molar refractivity (Wildman–Crippen MR) is 84.9 cm³/mol. The molecule has 3 aliphatic heterocycles. The van der Waals surface area contributed by atoms with Gasteiger partial charge in [-0.2, -0.15) is 4.31 Å². The van der Waals surface area contributed by atoms with Gasteiger partial charge in [0.25, 0.3) is 0 Å². The molecule has 0 aliphatic carbocycles. The van der Waals surface area contributed by atoms with Crippen molar-refractivity contribution < 1.29 is 47.3 Å². The van der Waals surface area contributed by atoms with Crippen LogP contribution in [0.1, 0.15) is 6.42 Å². The summed E-state index contributed by atoms with van der Waals surface area (Å²) in [5, 5.41) is 18.6. The summed E-state index contributed by atoms with van der Waals surface area (Å²) in [4.78, 5) is 40.1. The Kier molecular flexibility index (Phi) is 6.07. The molecule has 15 nitrogen and oxygen atoms in total. The standard InChI is InChI=1S/C10H21N5O10P2/c11-10-13-8-7(9(17)14-10)12-3-15(8)6-1-4(16)5(24-6)2-23-27(21,22)25-26(18,19)20/h4-8,10,12-13,16H,1-3,11H2,(H,14,17)(H,21,22)(H2,18,19,20)/t4-,5+,6+,7?,8?,10?/m0/s1. The van der Waals surface area contributed by atoms with Gasteiger partial charge in [0.1, 0.15) is 24.7 Å². The number of phosphoric ester groups is 1. The van der Waals surface area contributed by atoms with Crippen molar-refractivity contribution in [3.05, 3.63) is 0 Å². The highest BCUT2D eigenvalue weighted by atomic mass is 31.3. The number of hydrogen-bond acceptors (Lipinski definition) is 11. The Hall–Kier alpha value is -0.510. The molecule has 0 radical (unpaired) electrons. The Bertz CT molecular complexity index is 677. The monoisotopic (exact) mass is 433 g/mol. The van der Waals surface area contributed by atoms with Crippen LogP contribution in [0.2, 0.25) is 0 Å². The van der Waals surface area contributed by atoms with Gasteiger partial charge in [0.2, 0.25) is 5.91 Å². The van der Waals surface area contributed by atoms with Crippen molar-refractivity contribution in [3.8, 4) is 0 Å². The van der Waals surface area contributed by atoms with Gasteiger partial charge in [-0.1, -0.05) is 0 Å². The first-order chi connectivity index (χ1) is 12.5. The largest absolute Gasteiger partial charge is 0.481 e. The fraction of sp³-hybridized carbons (Fsp3) is 0.900. The summed E-state index contributed by atoms with van der Waals surface area (Å²) in [6.45, 7) is -0.387. The number of aliphatic hydroxyl groups excluding tert-OH is 1. The number of hydrogen-bond donors (Lipinski definition) is 8. The van der Waals surface area contributed by atoms with Gasteiger partial charge in [0.05, 0.1) is 25.5 Å². The van der Waals surface area contributed by atoms with Crippen LogP contribution in [0.3, 0.4) is 0 Å². The number of nitrogens with zero attached hydrogens (tertiary/aromatic N) is 1. The highest BCUT2D eigenvalue weighted by Gasteiger charge is 2.49. The lowest BCUT2D eigenvalue weighted by Gasteiger charge is -2.37. The number of nitrogens with two attached hydrogens (primary N) is 1. The molecular formula is C10H21N5O10P2. The smallest absolute Gasteiger partial charge is 0.390 e. The number of rotatable bonds is 6. The van der Waals surface area contributed by atoms with Gasteiger partial charge in [0.15, 0.2) is 0 Å². The fourth-order valence-electron chi connectivity index (χ4n) is 3.18. The van der Waals surface area contributed by atoms with Crippen LogP contribution in [-0.2, 0) is 27.5 Å². The quantitative estimate of drug-likeness (QED) is 0.188. The van der Waals surface area contributed by atoms with Crippen LogP contribution in [-0.4, -0.2) is 80.8 Å². The van der Waals surface area contributed by atoms with E-state index in [0.717, 1.165) is 0 Å². The lowest BCUT2D eigenvalue weighted by Crippen LogP contribution is -2.70. The van der Waals surface area contributed by atoms with Crippen molar-refractivity contribution >= 4 is 21.6 Å². The van der Waals surface area contributed by atoms with E-state index in [-0.39, 0.29) is 19.0 Å². The minimum Gasteiger partial charge on any atom is -0.390 e. The first-order valence-corrected chi connectivity index (χ1v) is 10.9. The minimum absolute atomic E-state index is 0.104. The average Bonchev–Trinajstić information content (AvgIpc) is 3.06. The molecule has 4 unspecified atom stereocenters. The molecule has 1 amide bonds. The van der Waals surface area contributed by atoms with Crippen LogP contribution in [0.25, 0.3) is 0 Å². The molecule has 0 aromatic rings. The first-order valence-electron chi connectivity index (χ1n) is 7.84. The third kappa shape index (κ3) is 5.10. The minimum atomic E-state index is -5.24. The second kappa shape index (κ2) is 7.72. The maximum atomic E-state index is 11.9. The lowest BCUT2D eigenvalue weighted by atomic mass is 10.1. The normalized spacial score (nSPS) is 39.8. The van der Waals surface area contributed by atoms with Crippen LogP contribution in [0.4, 0.5) is 0 Å². The molecule has 27 heavy (non-hydrogen) atoms. The molecule has 9 N–H and O–H groups in total. The van der Waals surface area contributed by atoms with Crippen molar-refractivity contribution in [1.29, 1.82) is 0 Å². The number of amides is 1. The van der Waals surface area contributed by atoms with Crippen LogP contribution < -0.4 is 21.7 Å². The Morgan fingerprint density at radius 2 is 2.04 bits per heavy atom. The van der Waals surface area contributed by atoms with E-state index in [1.165, 1.54) is 0 Å². The molecule has 3 rings (SSSR count). The van der Waals surface area contributed by atoms with Crippen molar-refractivity contribution in [3.63, 3.8) is 0 Å². The first kappa shape index (κ1) is 21.2. The van der Waals surface area contributed by atoms with E-state index in [2.05, 4.69) is 24.8 Å². The maximum Gasteiger partial charge on any atom is 0.481 e.